The fraction of sp³-hybridized carbons (Fsp3) is 0.308. The summed E-state index contributed by atoms with van der Waals surface area (Å²) in [5.41, 5.74) is 6.78. The zero-order valence-corrected chi connectivity index (χ0v) is 12.4. The van der Waals surface area contributed by atoms with Crippen LogP contribution in [0, 0.1) is 0 Å². The van der Waals surface area contributed by atoms with Crippen molar-refractivity contribution in [3.63, 3.8) is 0 Å². The molecule has 20 heavy (non-hydrogen) atoms. The molecule has 0 saturated carbocycles. The summed E-state index contributed by atoms with van der Waals surface area (Å²) < 4.78 is 27.1. The molecule has 7 heteroatoms. The third kappa shape index (κ3) is 2.21. The van der Waals surface area contributed by atoms with Crippen LogP contribution in [0.1, 0.15) is 24.4 Å². The van der Waals surface area contributed by atoms with Crippen LogP contribution in [0.3, 0.4) is 0 Å². The van der Waals surface area contributed by atoms with Crippen molar-refractivity contribution < 1.29 is 8.42 Å². The molecule has 2 aromatic rings. The number of hydrogen-bond donors (Lipinski definition) is 1. The van der Waals surface area contributed by atoms with Crippen LogP contribution in [0.15, 0.2) is 40.1 Å². The molecule has 106 valence electrons. The lowest BCUT2D eigenvalue weighted by atomic mass is 10.1. The number of sulfonamides is 1. The molecule has 0 amide bonds. The van der Waals surface area contributed by atoms with Crippen LogP contribution in [0.2, 0.25) is 0 Å². The third-order valence-corrected chi connectivity index (χ3v) is 6.18. The van der Waals surface area contributed by atoms with Crippen molar-refractivity contribution in [2.45, 2.75) is 23.8 Å². The first-order valence-corrected chi connectivity index (χ1v) is 8.73. The molecule has 0 aromatic carbocycles. The Morgan fingerprint density at radius 2 is 2.25 bits per heavy atom. The predicted octanol–water partition coefficient (Wildman–Crippen LogP) is 2.25. The van der Waals surface area contributed by atoms with E-state index in [4.69, 9.17) is 5.73 Å². The lowest BCUT2D eigenvalue weighted by molar-refractivity contribution is 0.397. The summed E-state index contributed by atoms with van der Waals surface area (Å²) in [5, 5.41) is 3.97. The Kier molecular flexibility index (Phi) is 3.49. The molecule has 5 nitrogen and oxygen atoms in total. The molecule has 1 unspecified atom stereocenters. The summed E-state index contributed by atoms with van der Waals surface area (Å²) in [6.45, 7) is 0.525. The number of aromatic nitrogens is 1. The molecular weight excluding hydrogens is 294 g/mol. The van der Waals surface area contributed by atoms with Crippen LogP contribution in [-0.4, -0.2) is 24.3 Å². The van der Waals surface area contributed by atoms with Crippen molar-refractivity contribution in [3.05, 3.63) is 40.7 Å². The van der Waals surface area contributed by atoms with Gasteiger partial charge in [-0.25, -0.2) is 13.4 Å². The molecule has 0 spiro atoms. The largest absolute Gasteiger partial charge is 0.383 e. The Balaban J connectivity index is 2.01. The van der Waals surface area contributed by atoms with Crippen molar-refractivity contribution in [3.8, 4) is 0 Å². The third-order valence-electron chi connectivity index (χ3n) is 3.52. The lowest BCUT2D eigenvalue weighted by Gasteiger charge is -2.23. The van der Waals surface area contributed by atoms with Gasteiger partial charge in [-0.1, -0.05) is 0 Å². The smallest absolute Gasteiger partial charge is 0.247 e. The zero-order valence-electron chi connectivity index (χ0n) is 10.8. The number of nitrogens with zero attached hydrogens (tertiary/aromatic N) is 2. The SMILES string of the molecule is Nc1ncccc1S(=O)(=O)N1CCCC1c1ccsc1. The first-order chi connectivity index (χ1) is 9.60. The van der Waals surface area contributed by atoms with Crippen molar-refractivity contribution in [1.29, 1.82) is 0 Å². The minimum Gasteiger partial charge on any atom is -0.383 e. The Bertz CT molecular complexity index is 698. The van der Waals surface area contributed by atoms with Gasteiger partial charge in [0.25, 0.3) is 0 Å². The summed E-state index contributed by atoms with van der Waals surface area (Å²) in [4.78, 5) is 3.98. The Labute approximate surface area is 122 Å². The molecule has 0 radical (unpaired) electrons. The van der Waals surface area contributed by atoms with Gasteiger partial charge in [0.2, 0.25) is 10.0 Å². The highest BCUT2D eigenvalue weighted by molar-refractivity contribution is 7.89. The van der Waals surface area contributed by atoms with E-state index in [9.17, 15) is 8.42 Å². The van der Waals surface area contributed by atoms with Crippen LogP contribution >= 0.6 is 11.3 Å². The molecule has 3 rings (SSSR count). The molecule has 1 fully saturated rings. The monoisotopic (exact) mass is 309 g/mol. The second kappa shape index (κ2) is 5.16. The minimum atomic E-state index is -3.59. The maximum Gasteiger partial charge on any atom is 0.247 e. The number of hydrogen-bond acceptors (Lipinski definition) is 5. The van der Waals surface area contributed by atoms with Crippen LogP contribution in [0.5, 0.6) is 0 Å². The van der Waals surface area contributed by atoms with E-state index in [0.29, 0.717) is 6.54 Å². The number of thiophene rings is 1. The van der Waals surface area contributed by atoms with E-state index in [2.05, 4.69) is 4.98 Å². The van der Waals surface area contributed by atoms with Crippen LogP contribution in [0.4, 0.5) is 5.82 Å². The van der Waals surface area contributed by atoms with Gasteiger partial charge in [0.05, 0.1) is 6.04 Å². The average Bonchev–Trinajstić information content (AvgIpc) is 3.10. The van der Waals surface area contributed by atoms with E-state index >= 15 is 0 Å². The summed E-state index contributed by atoms with van der Waals surface area (Å²) in [7, 11) is -3.59. The summed E-state index contributed by atoms with van der Waals surface area (Å²) in [5.74, 6) is 0.0588. The maximum absolute atomic E-state index is 12.8. The van der Waals surface area contributed by atoms with E-state index in [0.717, 1.165) is 18.4 Å². The second-order valence-corrected chi connectivity index (χ2v) is 7.36. The molecule has 1 aliphatic rings. The van der Waals surface area contributed by atoms with Gasteiger partial charge in [0, 0.05) is 12.7 Å². The van der Waals surface area contributed by atoms with E-state index < -0.39 is 10.0 Å². The number of nitrogen functional groups attached to an aromatic ring is 1. The van der Waals surface area contributed by atoms with Gasteiger partial charge in [-0.15, -0.1) is 0 Å². The Morgan fingerprint density at radius 3 is 2.95 bits per heavy atom. The normalized spacial score (nSPS) is 20.3. The fourth-order valence-corrected chi connectivity index (χ4v) is 5.03. The highest BCUT2D eigenvalue weighted by atomic mass is 32.2. The molecule has 3 heterocycles. The van der Waals surface area contributed by atoms with Gasteiger partial charge in [0.1, 0.15) is 10.7 Å². The van der Waals surface area contributed by atoms with Gasteiger partial charge >= 0.3 is 0 Å². The van der Waals surface area contributed by atoms with Crippen molar-refractivity contribution in [2.75, 3.05) is 12.3 Å². The van der Waals surface area contributed by atoms with Gasteiger partial charge < -0.3 is 5.73 Å². The number of pyridine rings is 1. The van der Waals surface area contributed by atoms with Crippen molar-refractivity contribution in [1.82, 2.24) is 9.29 Å². The van der Waals surface area contributed by atoms with Crippen molar-refractivity contribution >= 4 is 27.2 Å². The molecule has 2 aromatic heterocycles. The Hall–Kier alpha value is -1.44. The van der Waals surface area contributed by atoms with Crippen molar-refractivity contribution in [2.24, 2.45) is 0 Å². The minimum absolute atomic E-state index is 0.0588. The number of anilines is 1. The van der Waals surface area contributed by atoms with Gasteiger partial charge in [0.15, 0.2) is 0 Å². The molecule has 1 aliphatic heterocycles. The highest BCUT2D eigenvalue weighted by Gasteiger charge is 2.37. The van der Waals surface area contributed by atoms with Crippen LogP contribution in [0.25, 0.3) is 0 Å². The molecule has 1 saturated heterocycles. The van der Waals surface area contributed by atoms with Gasteiger partial charge in [-0.3, -0.25) is 0 Å². The summed E-state index contributed by atoms with van der Waals surface area (Å²) in [6.07, 6.45) is 3.20. The van der Waals surface area contributed by atoms with E-state index in [-0.39, 0.29) is 16.8 Å². The maximum atomic E-state index is 12.8. The molecule has 0 aliphatic carbocycles. The molecule has 1 atom stereocenters. The highest BCUT2D eigenvalue weighted by Crippen LogP contribution is 2.37. The van der Waals surface area contributed by atoms with E-state index in [1.807, 2.05) is 16.8 Å². The zero-order chi connectivity index (χ0) is 14.2. The molecular formula is C13H15N3O2S2. The summed E-state index contributed by atoms with van der Waals surface area (Å²) >= 11 is 1.58. The lowest BCUT2D eigenvalue weighted by Crippen LogP contribution is -2.31. The quantitative estimate of drug-likeness (QED) is 0.943. The van der Waals surface area contributed by atoms with E-state index in [1.54, 1.807) is 21.7 Å². The van der Waals surface area contributed by atoms with E-state index in [1.165, 1.54) is 12.3 Å². The average molecular weight is 309 g/mol. The topological polar surface area (TPSA) is 76.3 Å². The van der Waals surface area contributed by atoms with Crippen LogP contribution in [-0.2, 0) is 10.0 Å². The fourth-order valence-electron chi connectivity index (χ4n) is 2.57. The first kappa shape index (κ1) is 13.5. The van der Waals surface area contributed by atoms with Gasteiger partial charge in [-0.2, -0.15) is 15.6 Å². The first-order valence-electron chi connectivity index (χ1n) is 6.35. The molecule has 2 N–H and O–H groups in total. The standard InChI is InChI=1S/C13H15N3O2S2/c14-13-12(4-1-6-15-13)20(17,18)16-7-2-3-11(16)10-5-8-19-9-10/h1,4-6,8-9,11H,2-3,7H2,(H2,14,15). The summed E-state index contributed by atoms with van der Waals surface area (Å²) in [6, 6.07) is 5.00. The second-order valence-electron chi connectivity index (χ2n) is 4.72. The van der Waals surface area contributed by atoms with Crippen LogP contribution < -0.4 is 5.73 Å². The van der Waals surface area contributed by atoms with Gasteiger partial charge in [-0.05, 0) is 47.4 Å². The Morgan fingerprint density at radius 1 is 1.40 bits per heavy atom. The number of rotatable bonds is 3. The number of nitrogens with two attached hydrogens (primary N) is 1. The predicted molar refractivity (Wildman–Crippen MR) is 78.8 cm³/mol. The molecule has 0 bridgehead atoms.